The van der Waals surface area contributed by atoms with E-state index in [2.05, 4.69) is 28.2 Å². The van der Waals surface area contributed by atoms with E-state index in [9.17, 15) is 0 Å². The van der Waals surface area contributed by atoms with Crippen molar-refractivity contribution in [2.45, 2.75) is 44.8 Å². The maximum atomic E-state index is 5.80. The maximum absolute atomic E-state index is 5.80. The number of nitrogens with one attached hydrogen (secondary N) is 1. The highest BCUT2D eigenvalue weighted by Gasteiger charge is 2.23. The molecule has 0 bridgehead atoms. The van der Waals surface area contributed by atoms with Crippen LogP contribution in [-0.2, 0) is 4.74 Å². The molecule has 0 aromatic carbocycles. The van der Waals surface area contributed by atoms with Crippen molar-refractivity contribution in [2.75, 3.05) is 13.2 Å². The van der Waals surface area contributed by atoms with Gasteiger partial charge in [0.1, 0.15) is 5.76 Å². The van der Waals surface area contributed by atoms with Gasteiger partial charge >= 0.3 is 0 Å². The molecule has 0 amide bonds. The van der Waals surface area contributed by atoms with E-state index >= 15 is 0 Å². The lowest BCUT2D eigenvalue weighted by Crippen LogP contribution is -2.28. The minimum absolute atomic E-state index is 0.243. The zero-order valence-corrected chi connectivity index (χ0v) is 11.8. The second kappa shape index (κ2) is 6.57. The zero-order valence-electron chi connectivity index (χ0n) is 10.2. The number of furan rings is 1. The van der Waals surface area contributed by atoms with Crippen LogP contribution < -0.4 is 5.32 Å². The van der Waals surface area contributed by atoms with Gasteiger partial charge in [0.25, 0.3) is 0 Å². The van der Waals surface area contributed by atoms with Crippen molar-refractivity contribution < 1.29 is 9.15 Å². The van der Waals surface area contributed by atoms with Crippen LogP contribution in [-0.4, -0.2) is 19.3 Å². The Hall–Kier alpha value is -0.320. The molecule has 1 saturated heterocycles. The first-order valence-electron chi connectivity index (χ1n) is 6.39. The van der Waals surface area contributed by atoms with Crippen LogP contribution in [0.1, 0.15) is 44.4 Å². The summed E-state index contributed by atoms with van der Waals surface area (Å²) in [7, 11) is 0. The predicted molar refractivity (Wildman–Crippen MR) is 71.0 cm³/mol. The van der Waals surface area contributed by atoms with Crippen LogP contribution in [0.4, 0.5) is 0 Å². The fourth-order valence-electron chi connectivity index (χ4n) is 2.34. The van der Waals surface area contributed by atoms with E-state index in [-0.39, 0.29) is 6.04 Å². The summed E-state index contributed by atoms with van der Waals surface area (Å²) in [5.74, 6) is 0.987. The summed E-state index contributed by atoms with van der Waals surface area (Å²) in [5.41, 5.74) is 0. The SMILES string of the molecule is CCNC(CC1CCCCO1)c1occc1Br. The Labute approximate surface area is 111 Å². The highest BCUT2D eigenvalue weighted by Crippen LogP contribution is 2.30. The van der Waals surface area contributed by atoms with Gasteiger partial charge in [0.15, 0.2) is 0 Å². The minimum Gasteiger partial charge on any atom is -0.466 e. The third-order valence-electron chi connectivity index (χ3n) is 3.18. The van der Waals surface area contributed by atoms with Crippen LogP contribution in [0.3, 0.4) is 0 Å². The van der Waals surface area contributed by atoms with Gasteiger partial charge in [-0.2, -0.15) is 0 Å². The summed E-state index contributed by atoms with van der Waals surface area (Å²) >= 11 is 3.53. The van der Waals surface area contributed by atoms with Crippen molar-refractivity contribution in [3.8, 4) is 0 Å². The smallest absolute Gasteiger partial charge is 0.134 e. The van der Waals surface area contributed by atoms with Gasteiger partial charge in [-0.25, -0.2) is 0 Å². The van der Waals surface area contributed by atoms with Gasteiger partial charge in [-0.3, -0.25) is 0 Å². The lowest BCUT2D eigenvalue weighted by atomic mass is 10.0. The molecule has 0 saturated carbocycles. The first-order valence-corrected chi connectivity index (χ1v) is 7.18. The van der Waals surface area contributed by atoms with Crippen LogP contribution in [0, 0.1) is 0 Å². The summed E-state index contributed by atoms with van der Waals surface area (Å²) in [6, 6.07) is 2.19. The monoisotopic (exact) mass is 301 g/mol. The standard InChI is InChI=1S/C13H20BrNO2/c1-2-15-12(13-11(14)6-8-17-13)9-10-5-3-4-7-16-10/h6,8,10,12,15H,2-5,7,9H2,1H3. The van der Waals surface area contributed by atoms with Crippen LogP contribution >= 0.6 is 15.9 Å². The molecule has 17 heavy (non-hydrogen) atoms. The van der Waals surface area contributed by atoms with Gasteiger partial charge in [0.2, 0.25) is 0 Å². The Morgan fingerprint density at radius 3 is 3.00 bits per heavy atom. The van der Waals surface area contributed by atoms with Crippen molar-refractivity contribution in [2.24, 2.45) is 0 Å². The summed E-state index contributed by atoms with van der Waals surface area (Å²) in [5, 5.41) is 3.47. The van der Waals surface area contributed by atoms with Crippen molar-refractivity contribution in [1.29, 1.82) is 0 Å². The van der Waals surface area contributed by atoms with Gasteiger partial charge in [-0.05, 0) is 54.2 Å². The van der Waals surface area contributed by atoms with Gasteiger partial charge in [-0.1, -0.05) is 6.92 Å². The molecule has 1 aliphatic heterocycles. The zero-order chi connectivity index (χ0) is 12.1. The van der Waals surface area contributed by atoms with Crippen molar-refractivity contribution in [3.63, 3.8) is 0 Å². The Morgan fingerprint density at radius 2 is 2.41 bits per heavy atom. The Bertz CT molecular complexity index is 334. The summed E-state index contributed by atoms with van der Waals surface area (Å²) < 4.78 is 12.4. The van der Waals surface area contributed by atoms with Crippen molar-refractivity contribution >= 4 is 15.9 Å². The van der Waals surface area contributed by atoms with Crippen LogP contribution in [0.2, 0.25) is 0 Å². The Morgan fingerprint density at radius 1 is 1.53 bits per heavy atom. The molecule has 1 aromatic heterocycles. The van der Waals surface area contributed by atoms with Crippen LogP contribution in [0.15, 0.2) is 21.2 Å². The molecule has 0 radical (unpaired) electrons. The molecular weight excluding hydrogens is 282 g/mol. The number of rotatable bonds is 5. The highest BCUT2D eigenvalue weighted by molar-refractivity contribution is 9.10. The third kappa shape index (κ3) is 3.57. The van der Waals surface area contributed by atoms with Crippen LogP contribution in [0.5, 0.6) is 0 Å². The molecular formula is C13H20BrNO2. The molecule has 96 valence electrons. The van der Waals surface area contributed by atoms with E-state index in [1.165, 1.54) is 19.3 Å². The number of hydrogen-bond donors (Lipinski definition) is 1. The average molecular weight is 302 g/mol. The fourth-order valence-corrected chi connectivity index (χ4v) is 2.82. The lowest BCUT2D eigenvalue weighted by molar-refractivity contribution is 0.00377. The second-order valence-corrected chi connectivity index (χ2v) is 5.32. The van der Waals surface area contributed by atoms with Crippen molar-refractivity contribution in [1.82, 2.24) is 5.32 Å². The van der Waals surface area contributed by atoms with E-state index in [1.54, 1.807) is 6.26 Å². The Kier molecular flexibility index (Phi) is 5.07. The summed E-state index contributed by atoms with van der Waals surface area (Å²) in [6.07, 6.45) is 6.73. The largest absolute Gasteiger partial charge is 0.466 e. The molecule has 2 atom stereocenters. The normalized spacial score (nSPS) is 22.6. The summed E-state index contributed by atoms with van der Waals surface area (Å²) in [4.78, 5) is 0. The lowest BCUT2D eigenvalue weighted by Gasteiger charge is -2.26. The van der Waals surface area contributed by atoms with Crippen molar-refractivity contribution in [3.05, 3.63) is 22.6 Å². The third-order valence-corrected chi connectivity index (χ3v) is 3.84. The van der Waals surface area contributed by atoms with E-state index in [4.69, 9.17) is 9.15 Å². The predicted octanol–water partition coefficient (Wildman–Crippen LogP) is 3.65. The van der Waals surface area contributed by atoms with Gasteiger partial charge in [-0.15, -0.1) is 0 Å². The number of ether oxygens (including phenoxy) is 1. The van der Waals surface area contributed by atoms with E-state index in [0.29, 0.717) is 6.10 Å². The summed E-state index contributed by atoms with van der Waals surface area (Å²) in [6.45, 7) is 3.96. The quantitative estimate of drug-likeness (QED) is 0.901. The number of halogens is 1. The molecule has 2 heterocycles. The Balaban J connectivity index is 1.99. The molecule has 1 aromatic rings. The second-order valence-electron chi connectivity index (χ2n) is 4.47. The van der Waals surface area contributed by atoms with E-state index < -0.39 is 0 Å². The fraction of sp³-hybridized carbons (Fsp3) is 0.692. The van der Waals surface area contributed by atoms with Gasteiger partial charge in [0.05, 0.1) is 22.9 Å². The van der Waals surface area contributed by atoms with E-state index in [1.807, 2.05) is 6.07 Å². The molecule has 2 unspecified atom stereocenters. The topological polar surface area (TPSA) is 34.4 Å². The molecule has 1 N–H and O–H groups in total. The molecule has 0 spiro atoms. The molecule has 0 aliphatic carbocycles. The first kappa shape index (κ1) is 13.1. The first-order chi connectivity index (χ1) is 8.31. The van der Waals surface area contributed by atoms with Gasteiger partial charge < -0.3 is 14.5 Å². The average Bonchev–Trinajstić information content (AvgIpc) is 2.76. The highest BCUT2D eigenvalue weighted by atomic mass is 79.9. The maximum Gasteiger partial charge on any atom is 0.134 e. The molecule has 1 fully saturated rings. The molecule has 3 nitrogen and oxygen atoms in total. The van der Waals surface area contributed by atoms with E-state index in [0.717, 1.165) is 29.8 Å². The molecule has 4 heteroatoms. The minimum atomic E-state index is 0.243. The molecule has 2 rings (SSSR count). The molecule has 1 aliphatic rings. The number of hydrogen-bond acceptors (Lipinski definition) is 3. The van der Waals surface area contributed by atoms with Gasteiger partial charge in [0, 0.05) is 6.61 Å². The van der Waals surface area contributed by atoms with Crippen LogP contribution in [0.25, 0.3) is 0 Å².